The number of halogens is 1. The Hall–Kier alpha value is -2.02. The molecule has 1 aromatic heterocycles. The number of aliphatic carboxylic acids is 1. The van der Waals surface area contributed by atoms with Crippen LogP contribution in [0.2, 0.25) is 0 Å². The smallest absolute Gasteiger partial charge is 0.326 e. The standard InChI is InChI=1S/C14H15FN2O3S/c15-9-1-2-10-8(7-16-11(10)6-9)5-12(14(19)20)17-13(18)3-4-21/h1-2,6-7,12,16,21H,3-5H2,(H,17,18)(H,19,20)/t12-/m0/s1. The molecule has 1 heterocycles. The maximum atomic E-state index is 13.1. The summed E-state index contributed by atoms with van der Waals surface area (Å²) in [7, 11) is 0. The monoisotopic (exact) mass is 310 g/mol. The Balaban J connectivity index is 2.19. The molecule has 1 aromatic carbocycles. The minimum absolute atomic E-state index is 0.124. The van der Waals surface area contributed by atoms with Gasteiger partial charge in [0.15, 0.2) is 0 Å². The van der Waals surface area contributed by atoms with Gasteiger partial charge in [0, 0.05) is 29.9 Å². The number of benzene rings is 1. The molecule has 0 aliphatic heterocycles. The van der Waals surface area contributed by atoms with E-state index in [1.807, 2.05) is 0 Å². The van der Waals surface area contributed by atoms with Crippen molar-refractivity contribution >= 4 is 35.4 Å². The van der Waals surface area contributed by atoms with Crippen LogP contribution in [0.1, 0.15) is 12.0 Å². The number of carboxylic acid groups (broad SMARTS) is 1. The first-order valence-electron chi connectivity index (χ1n) is 6.40. The van der Waals surface area contributed by atoms with Gasteiger partial charge in [0.1, 0.15) is 11.9 Å². The van der Waals surface area contributed by atoms with Crippen molar-refractivity contribution in [1.82, 2.24) is 10.3 Å². The number of hydrogen-bond donors (Lipinski definition) is 4. The molecule has 7 heteroatoms. The van der Waals surface area contributed by atoms with Gasteiger partial charge in [-0.3, -0.25) is 4.79 Å². The van der Waals surface area contributed by atoms with E-state index in [0.29, 0.717) is 16.8 Å². The molecule has 2 aromatic rings. The third kappa shape index (κ3) is 3.75. The second kappa shape index (κ2) is 6.62. The quantitative estimate of drug-likeness (QED) is 0.613. The van der Waals surface area contributed by atoms with E-state index in [0.717, 1.165) is 5.39 Å². The van der Waals surface area contributed by atoms with Gasteiger partial charge < -0.3 is 15.4 Å². The van der Waals surface area contributed by atoms with Crippen LogP contribution in [0, 0.1) is 5.82 Å². The van der Waals surface area contributed by atoms with E-state index >= 15 is 0 Å². The minimum Gasteiger partial charge on any atom is -0.480 e. The summed E-state index contributed by atoms with van der Waals surface area (Å²) >= 11 is 3.93. The summed E-state index contributed by atoms with van der Waals surface area (Å²) < 4.78 is 13.1. The second-order valence-electron chi connectivity index (χ2n) is 4.64. The molecule has 112 valence electrons. The zero-order chi connectivity index (χ0) is 15.4. The topological polar surface area (TPSA) is 82.2 Å². The molecule has 5 nitrogen and oxygen atoms in total. The molecule has 1 amide bonds. The summed E-state index contributed by atoms with van der Waals surface area (Å²) in [6.07, 6.45) is 1.91. The zero-order valence-corrected chi connectivity index (χ0v) is 12.0. The zero-order valence-electron chi connectivity index (χ0n) is 11.1. The van der Waals surface area contributed by atoms with Crippen molar-refractivity contribution in [3.63, 3.8) is 0 Å². The van der Waals surface area contributed by atoms with Gasteiger partial charge in [-0.15, -0.1) is 0 Å². The van der Waals surface area contributed by atoms with Gasteiger partial charge in [-0.25, -0.2) is 9.18 Å². The van der Waals surface area contributed by atoms with E-state index < -0.39 is 12.0 Å². The number of aromatic nitrogens is 1. The lowest BCUT2D eigenvalue weighted by Gasteiger charge is -2.13. The van der Waals surface area contributed by atoms with Gasteiger partial charge in [0.2, 0.25) is 5.91 Å². The highest BCUT2D eigenvalue weighted by Gasteiger charge is 2.21. The molecule has 0 spiro atoms. The van der Waals surface area contributed by atoms with E-state index in [4.69, 9.17) is 0 Å². The number of hydrogen-bond acceptors (Lipinski definition) is 3. The third-order valence-electron chi connectivity index (χ3n) is 3.13. The number of fused-ring (bicyclic) bond motifs is 1. The van der Waals surface area contributed by atoms with Crippen molar-refractivity contribution < 1.29 is 19.1 Å². The summed E-state index contributed by atoms with van der Waals surface area (Å²) in [6.45, 7) is 0. The number of H-pyrrole nitrogens is 1. The molecular formula is C14H15FN2O3S. The van der Waals surface area contributed by atoms with Gasteiger partial charge >= 0.3 is 5.97 Å². The Morgan fingerprint density at radius 2 is 2.19 bits per heavy atom. The molecule has 0 fully saturated rings. The molecule has 0 saturated carbocycles. The van der Waals surface area contributed by atoms with Gasteiger partial charge in [-0.05, 0) is 29.5 Å². The van der Waals surface area contributed by atoms with E-state index in [1.54, 1.807) is 12.3 Å². The molecule has 0 saturated heterocycles. The van der Waals surface area contributed by atoms with E-state index in [9.17, 15) is 19.1 Å². The van der Waals surface area contributed by atoms with E-state index in [2.05, 4.69) is 22.9 Å². The first-order valence-corrected chi connectivity index (χ1v) is 7.03. The number of nitrogens with one attached hydrogen (secondary N) is 2. The molecule has 0 aliphatic carbocycles. The highest BCUT2D eigenvalue weighted by atomic mass is 32.1. The lowest BCUT2D eigenvalue weighted by molar-refractivity contribution is -0.141. The fraction of sp³-hybridized carbons (Fsp3) is 0.286. The molecular weight excluding hydrogens is 295 g/mol. The Bertz CT molecular complexity index is 671. The Morgan fingerprint density at radius 1 is 1.43 bits per heavy atom. The van der Waals surface area contributed by atoms with E-state index in [-0.39, 0.29) is 24.6 Å². The van der Waals surface area contributed by atoms with Crippen LogP contribution >= 0.6 is 12.6 Å². The normalized spacial score (nSPS) is 12.3. The largest absolute Gasteiger partial charge is 0.480 e. The number of carbonyl (C=O) groups excluding carboxylic acids is 1. The second-order valence-corrected chi connectivity index (χ2v) is 5.09. The number of carbonyl (C=O) groups is 2. The molecule has 0 aliphatic rings. The van der Waals surface area contributed by atoms with Crippen LogP contribution in [0.25, 0.3) is 10.9 Å². The number of thiol groups is 1. The molecule has 1 atom stereocenters. The van der Waals surface area contributed by atoms with Gasteiger partial charge in [-0.2, -0.15) is 12.6 Å². The lowest BCUT2D eigenvalue weighted by Crippen LogP contribution is -2.42. The summed E-state index contributed by atoms with van der Waals surface area (Å²) in [5.74, 6) is -1.49. The van der Waals surface area contributed by atoms with Crippen LogP contribution in [0.3, 0.4) is 0 Å². The number of rotatable bonds is 6. The third-order valence-corrected chi connectivity index (χ3v) is 3.35. The maximum absolute atomic E-state index is 13.1. The van der Waals surface area contributed by atoms with Gasteiger partial charge in [-0.1, -0.05) is 0 Å². The van der Waals surface area contributed by atoms with Crippen molar-refractivity contribution in [1.29, 1.82) is 0 Å². The van der Waals surface area contributed by atoms with Crippen LogP contribution < -0.4 is 5.32 Å². The summed E-state index contributed by atoms with van der Waals surface area (Å²) in [5, 5.41) is 12.4. The Labute approximate surface area is 125 Å². The summed E-state index contributed by atoms with van der Waals surface area (Å²) in [5.41, 5.74) is 1.30. The van der Waals surface area contributed by atoms with Gasteiger partial charge in [0.25, 0.3) is 0 Å². The van der Waals surface area contributed by atoms with Crippen molar-refractivity contribution in [2.75, 3.05) is 5.75 Å². The van der Waals surface area contributed by atoms with Crippen molar-refractivity contribution in [2.45, 2.75) is 18.9 Å². The predicted octanol–water partition coefficient (Wildman–Crippen LogP) is 1.74. The number of aromatic amines is 1. The Morgan fingerprint density at radius 3 is 2.86 bits per heavy atom. The van der Waals surface area contributed by atoms with Crippen LogP contribution in [-0.4, -0.2) is 33.8 Å². The fourth-order valence-corrected chi connectivity index (χ4v) is 2.32. The van der Waals surface area contributed by atoms with Crippen LogP contribution in [0.5, 0.6) is 0 Å². The average molecular weight is 310 g/mol. The molecule has 0 radical (unpaired) electrons. The molecule has 0 bridgehead atoms. The highest BCUT2D eigenvalue weighted by molar-refractivity contribution is 7.80. The summed E-state index contributed by atoms with van der Waals surface area (Å²) in [6, 6.07) is 3.22. The predicted molar refractivity (Wildman–Crippen MR) is 80.0 cm³/mol. The SMILES string of the molecule is O=C(CCS)N[C@@H](Cc1c[nH]c2cc(F)ccc12)C(=O)O. The average Bonchev–Trinajstić information content (AvgIpc) is 2.80. The maximum Gasteiger partial charge on any atom is 0.326 e. The Kier molecular flexibility index (Phi) is 4.85. The van der Waals surface area contributed by atoms with Crippen molar-refractivity contribution in [3.05, 3.63) is 35.8 Å². The highest BCUT2D eigenvalue weighted by Crippen LogP contribution is 2.20. The van der Waals surface area contributed by atoms with Crippen LogP contribution in [0.4, 0.5) is 4.39 Å². The number of amides is 1. The van der Waals surface area contributed by atoms with Crippen molar-refractivity contribution in [2.24, 2.45) is 0 Å². The molecule has 2 rings (SSSR count). The lowest BCUT2D eigenvalue weighted by atomic mass is 10.0. The van der Waals surface area contributed by atoms with Crippen molar-refractivity contribution in [3.8, 4) is 0 Å². The first-order chi connectivity index (χ1) is 10.0. The number of carboxylic acids is 1. The minimum atomic E-state index is -1.11. The van der Waals surface area contributed by atoms with Gasteiger partial charge in [0.05, 0.1) is 0 Å². The first kappa shape index (κ1) is 15.4. The summed E-state index contributed by atoms with van der Waals surface area (Å²) in [4.78, 5) is 25.7. The molecule has 21 heavy (non-hydrogen) atoms. The molecule has 0 unspecified atom stereocenters. The van der Waals surface area contributed by atoms with Crippen LogP contribution in [-0.2, 0) is 16.0 Å². The fourth-order valence-electron chi connectivity index (χ4n) is 2.12. The van der Waals surface area contributed by atoms with Crippen LogP contribution in [0.15, 0.2) is 24.4 Å². The molecule has 3 N–H and O–H groups in total. The van der Waals surface area contributed by atoms with E-state index in [1.165, 1.54) is 12.1 Å².